The van der Waals surface area contributed by atoms with Gasteiger partial charge in [0.15, 0.2) is 0 Å². The molecule has 15 heteroatoms. The first-order valence-corrected chi connectivity index (χ1v) is 9.33. The molecule has 0 spiro atoms. The maximum absolute atomic E-state index is 12.9. The summed E-state index contributed by atoms with van der Waals surface area (Å²) in [6, 6.07) is 0. The van der Waals surface area contributed by atoms with Gasteiger partial charge in [0, 0.05) is 19.6 Å². The Morgan fingerprint density at radius 1 is 1.19 bits per heavy atom. The summed E-state index contributed by atoms with van der Waals surface area (Å²) in [6.45, 7) is 4.53. The fraction of sp³-hybridized carbons (Fsp3) is 0.500. The number of carbonyl (C=O) groups excluding carboxylic acids is 2. The second-order valence-electron chi connectivity index (χ2n) is 6.60. The van der Waals surface area contributed by atoms with Gasteiger partial charge in [-0.25, -0.2) is 0 Å². The molecule has 0 radical (unpaired) electrons. The second-order valence-corrected chi connectivity index (χ2v) is 6.60. The third kappa shape index (κ3) is 4.35. The fourth-order valence-electron chi connectivity index (χ4n) is 3.20. The summed E-state index contributed by atoms with van der Waals surface area (Å²) in [5.74, 6) is -1.95. The molecule has 1 aliphatic rings. The van der Waals surface area contributed by atoms with E-state index in [-0.39, 0.29) is 23.0 Å². The number of ether oxygens (including phenoxy) is 1. The summed E-state index contributed by atoms with van der Waals surface area (Å²) in [5.41, 5.74) is -0.565. The molecule has 1 aliphatic heterocycles. The molecule has 1 fully saturated rings. The van der Waals surface area contributed by atoms with Crippen molar-refractivity contribution in [3.8, 4) is 0 Å². The summed E-state index contributed by atoms with van der Waals surface area (Å²) in [4.78, 5) is 47.3. The number of aryl methyl sites for hydroxylation is 1. The van der Waals surface area contributed by atoms with Crippen LogP contribution in [-0.4, -0.2) is 72.4 Å². The Balaban J connectivity index is 1.82. The van der Waals surface area contributed by atoms with Gasteiger partial charge in [0.25, 0.3) is 5.91 Å². The van der Waals surface area contributed by atoms with Gasteiger partial charge >= 0.3 is 11.5 Å². The van der Waals surface area contributed by atoms with Crippen molar-refractivity contribution in [1.82, 2.24) is 24.5 Å². The van der Waals surface area contributed by atoms with E-state index >= 15 is 0 Å². The molecule has 1 N–H and O–H groups in total. The van der Waals surface area contributed by atoms with Gasteiger partial charge < -0.3 is 25.1 Å². The van der Waals surface area contributed by atoms with Crippen LogP contribution in [0.5, 0.6) is 0 Å². The van der Waals surface area contributed by atoms with Crippen molar-refractivity contribution in [2.24, 2.45) is 0 Å². The highest BCUT2D eigenvalue weighted by atomic mass is 16.6. The molecule has 0 aromatic carbocycles. The number of aromatic nitrogens is 4. The van der Waals surface area contributed by atoms with Gasteiger partial charge in [-0.2, -0.15) is 9.78 Å². The van der Waals surface area contributed by atoms with Gasteiger partial charge in [0.05, 0.1) is 35.1 Å². The number of nitrogens with zero attached hydrogens (tertiary/aromatic N) is 7. The molecule has 31 heavy (non-hydrogen) atoms. The van der Waals surface area contributed by atoms with Crippen LogP contribution in [0, 0.1) is 27.2 Å². The molecule has 3 rings (SSSR count). The van der Waals surface area contributed by atoms with Crippen LogP contribution < -0.4 is 5.32 Å². The zero-order valence-electron chi connectivity index (χ0n) is 16.8. The number of carbonyl (C=O) groups is 2. The Morgan fingerprint density at radius 2 is 1.87 bits per heavy atom. The van der Waals surface area contributed by atoms with Crippen LogP contribution in [0.2, 0.25) is 0 Å². The van der Waals surface area contributed by atoms with Gasteiger partial charge in [0.1, 0.15) is 17.9 Å². The van der Waals surface area contributed by atoms with E-state index in [1.165, 1.54) is 17.8 Å². The van der Waals surface area contributed by atoms with Crippen molar-refractivity contribution in [2.45, 2.75) is 26.9 Å². The van der Waals surface area contributed by atoms with Crippen LogP contribution in [0.4, 0.5) is 17.2 Å². The van der Waals surface area contributed by atoms with Gasteiger partial charge in [-0.1, -0.05) is 0 Å². The third-order valence-electron chi connectivity index (χ3n) is 4.72. The number of hydrogen-bond donors (Lipinski definition) is 1. The molecule has 15 nitrogen and oxygen atoms in total. The monoisotopic (exact) mass is 436 g/mol. The molecule has 2 aromatic heterocycles. The fourth-order valence-corrected chi connectivity index (χ4v) is 3.20. The zero-order valence-corrected chi connectivity index (χ0v) is 16.8. The second kappa shape index (κ2) is 8.86. The van der Waals surface area contributed by atoms with E-state index in [4.69, 9.17) is 4.74 Å². The predicted octanol–water partition coefficient (Wildman–Crippen LogP) is 0.335. The van der Waals surface area contributed by atoms with E-state index in [1.807, 2.05) is 0 Å². The summed E-state index contributed by atoms with van der Waals surface area (Å²) < 4.78 is 7.57. The SMILES string of the molecule is CCn1ncc(NC(=O)Cn2nc([N+](=O)[O-])c([N+](=O)[O-])c2C)c1C(=O)N1CCOCC1. The highest BCUT2D eigenvalue weighted by Crippen LogP contribution is 2.29. The van der Waals surface area contributed by atoms with Crippen LogP contribution in [0.1, 0.15) is 23.1 Å². The predicted molar refractivity (Wildman–Crippen MR) is 104 cm³/mol. The Morgan fingerprint density at radius 3 is 2.42 bits per heavy atom. The van der Waals surface area contributed by atoms with Crippen molar-refractivity contribution in [3.63, 3.8) is 0 Å². The van der Waals surface area contributed by atoms with E-state index < -0.39 is 33.8 Å². The molecule has 2 aromatic rings. The van der Waals surface area contributed by atoms with E-state index in [2.05, 4.69) is 15.5 Å². The number of anilines is 1. The van der Waals surface area contributed by atoms with Crippen molar-refractivity contribution in [3.05, 3.63) is 37.8 Å². The standard InChI is InChI=1S/C16H20N8O7/c1-3-21-14(16(26)20-4-6-31-7-5-20)11(8-17-21)18-12(25)9-22-10(2)13(23(27)28)15(19-22)24(29)30/h8H,3-7,9H2,1-2H3,(H,18,25). The average molecular weight is 436 g/mol. The Bertz CT molecular complexity index is 1040. The van der Waals surface area contributed by atoms with Crippen LogP contribution in [0.3, 0.4) is 0 Å². The molecule has 0 bridgehead atoms. The lowest BCUT2D eigenvalue weighted by molar-refractivity contribution is -0.424. The first-order valence-electron chi connectivity index (χ1n) is 9.33. The lowest BCUT2D eigenvalue weighted by Crippen LogP contribution is -2.41. The number of hydrogen-bond acceptors (Lipinski definition) is 9. The summed E-state index contributed by atoms with van der Waals surface area (Å²) in [6.07, 6.45) is 1.33. The van der Waals surface area contributed by atoms with E-state index in [1.54, 1.807) is 11.8 Å². The van der Waals surface area contributed by atoms with Crippen molar-refractivity contribution in [1.29, 1.82) is 0 Å². The van der Waals surface area contributed by atoms with Crippen LogP contribution in [0.25, 0.3) is 0 Å². The van der Waals surface area contributed by atoms with E-state index in [9.17, 15) is 29.8 Å². The van der Waals surface area contributed by atoms with Crippen molar-refractivity contribution >= 4 is 29.0 Å². The molecule has 3 heterocycles. The van der Waals surface area contributed by atoms with Gasteiger partial charge in [-0.05, 0) is 18.8 Å². The molecular weight excluding hydrogens is 416 g/mol. The molecule has 166 valence electrons. The summed E-state index contributed by atoms with van der Waals surface area (Å²) in [7, 11) is 0. The lowest BCUT2D eigenvalue weighted by atomic mass is 10.2. The topological polar surface area (TPSA) is 181 Å². The first kappa shape index (κ1) is 21.8. The molecule has 0 unspecified atom stereocenters. The number of nitro groups is 2. The summed E-state index contributed by atoms with van der Waals surface area (Å²) >= 11 is 0. The van der Waals surface area contributed by atoms with Crippen molar-refractivity contribution < 1.29 is 24.2 Å². The molecule has 2 amide bonds. The Labute approximate surface area is 174 Å². The minimum Gasteiger partial charge on any atom is -0.378 e. The van der Waals surface area contributed by atoms with Crippen molar-refractivity contribution in [2.75, 3.05) is 31.6 Å². The minimum atomic E-state index is -0.982. The quantitative estimate of drug-likeness (QED) is 0.472. The number of amides is 2. The molecule has 0 atom stereocenters. The van der Waals surface area contributed by atoms with Crippen LogP contribution in [0.15, 0.2) is 6.20 Å². The normalized spacial score (nSPS) is 13.8. The van der Waals surface area contributed by atoms with Gasteiger partial charge in [0.2, 0.25) is 5.91 Å². The zero-order chi connectivity index (χ0) is 22.7. The van der Waals surface area contributed by atoms with Gasteiger partial charge in [-0.3, -0.25) is 24.4 Å². The number of nitrogens with one attached hydrogen (secondary N) is 1. The molecule has 1 saturated heterocycles. The third-order valence-corrected chi connectivity index (χ3v) is 4.72. The highest BCUT2D eigenvalue weighted by molar-refractivity contribution is 6.02. The number of rotatable bonds is 7. The van der Waals surface area contributed by atoms with Crippen LogP contribution in [-0.2, 0) is 22.6 Å². The smallest absolute Gasteiger partial charge is 0.378 e. The molecule has 0 aliphatic carbocycles. The number of morpholine rings is 1. The highest BCUT2D eigenvalue weighted by Gasteiger charge is 2.36. The van der Waals surface area contributed by atoms with Crippen LogP contribution >= 0.6 is 0 Å². The maximum atomic E-state index is 12.9. The summed E-state index contributed by atoms with van der Waals surface area (Å²) in [5, 5.41) is 32.4. The molecular formula is C16H20N8O7. The van der Waals surface area contributed by atoms with Gasteiger partial charge in [-0.15, -0.1) is 0 Å². The van der Waals surface area contributed by atoms with E-state index in [0.29, 0.717) is 32.8 Å². The Kier molecular flexibility index (Phi) is 6.24. The Hall–Kier alpha value is -3.88. The van der Waals surface area contributed by atoms with E-state index in [0.717, 1.165) is 4.68 Å². The average Bonchev–Trinajstić information content (AvgIpc) is 3.29. The lowest BCUT2D eigenvalue weighted by Gasteiger charge is -2.27. The molecule has 0 saturated carbocycles. The first-order chi connectivity index (χ1) is 14.7. The largest absolute Gasteiger partial charge is 0.468 e. The minimum absolute atomic E-state index is 0.138. The maximum Gasteiger partial charge on any atom is 0.468 e.